The predicted molar refractivity (Wildman–Crippen MR) is 102 cm³/mol. The van der Waals surface area contributed by atoms with Crippen LogP contribution in [-0.2, 0) is 13.1 Å². The molecule has 0 aliphatic heterocycles. The number of carboxylic acid groups (broad SMARTS) is 1. The van der Waals surface area contributed by atoms with E-state index in [1.807, 2.05) is 18.2 Å². The summed E-state index contributed by atoms with van der Waals surface area (Å²) in [6.07, 6.45) is 1.71. The molecule has 0 fully saturated rings. The van der Waals surface area contributed by atoms with E-state index in [0.717, 1.165) is 11.1 Å². The van der Waals surface area contributed by atoms with Crippen LogP contribution < -0.4 is 5.32 Å². The number of rotatable bonds is 6. The number of aromatic carboxylic acids is 1. The van der Waals surface area contributed by atoms with Gasteiger partial charge in [0.1, 0.15) is 0 Å². The average Bonchev–Trinajstić information content (AvgIpc) is 3.00. The molecular formula is C20H18ClN3O3. The molecule has 7 heteroatoms. The van der Waals surface area contributed by atoms with Crippen LogP contribution in [0.5, 0.6) is 0 Å². The molecule has 2 N–H and O–H groups in total. The highest BCUT2D eigenvalue weighted by atomic mass is 35.5. The minimum Gasteiger partial charge on any atom is -0.478 e. The number of nitrogens with one attached hydrogen (secondary N) is 1. The summed E-state index contributed by atoms with van der Waals surface area (Å²) in [5.74, 6) is -1.21. The van der Waals surface area contributed by atoms with Crippen LogP contribution in [0.4, 0.5) is 0 Å². The van der Waals surface area contributed by atoms with Crippen LogP contribution in [0.3, 0.4) is 0 Å². The quantitative estimate of drug-likeness (QED) is 0.682. The molecular weight excluding hydrogens is 366 g/mol. The van der Waals surface area contributed by atoms with Crippen molar-refractivity contribution in [3.63, 3.8) is 0 Å². The first kappa shape index (κ1) is 18.7. The Morgan fingerprint density at radius 3 is 2.56 bits per heavy atom. The van der Waals surface area contributed by atoms with Crippen molar-refractivity contribution in [1.29, 1.82) is 0 Å². The largest absolute Gasteiger partial charge is 0.478 e. The molecule has 27 heavy (non-hydrogen) atoms. The Labute approximate surface area is 161 Å². The number of aromatic nitrogens is 2. The van der Waals surface area contributed by atoms with Crippen molar-refractivity contribution in [2.45, 2.75) is 20.0 Å². The van der Waals surface area contributed by atoms with E-state index in [1.165, 1.54) is 12.1 Å². The smallest absolute Gasteiger partial charge is 0.335 e. The van der Waals surface area contributed by atoms with E-state index in [-0.39, 0.29) is 11.5 Å². The van der Waals surface area contributed by atoms with Crippen molar-refractivity contribution in [2.24, 2.45) is 0 Å². The zero-order valence-corrected chi connectivity index (χ0v) is 15.4. The number of carbonyl (C=O) groups is 2. The highest BCUT2D eigenvalue weighted by Gasteiger charge is 2.13. The highest BCUT2D eigenvalue weighted by Crippen LogP contribution is 2.13. The number of carboxylic acids is 1. The van der Waals surface area contributed by atoms with Crippen LogP contribution in [0.15, 0.2) is 54.7 Å². The molecule has 0 saturated carbocycles. The van der Waals surface area contributed by atoms with E-state index in [9.17, 15) is 9.59 Å². The fourth-order valence-corrected chi connectivity index (χ4v) is 2.90. The lowest BCUT2D eigenvalue weighted by atomic mass is 10.1. The number of hydrogen-bond acceptors (Lipinski definition) is 3. The minimum atomic E-state index is -0.978. The van der Waals surface area contributed by atoms with E-state index in [0.29, 0.717) is 29.4 Å². The fourth-order valence-electron chi connectivity index (χ4n) is 2.69. The van der Waals surface area contributed by atoms with Crippen LogP contribution in [0, 0.1) is 6.92 Å². The third-order valence-electron chi connectivity index (χ3n) is 4.08. The molecule has 1 amide bonds. The lowest BCUT2D eigenvalue weighted by Crippen LogP contribution is -2.23. The number of amides is 1. The second kappa shape index (κ2) is 8.05. The maximum atomic E-state index is 12.5. The molecule has 0 aliphatic rings. The van der Waals surface area contributed by atoms with Crippen LogP contribution in [0.2, 0.25) is 5.02 Å². The monoisotopic (exact) mass is 383 g/mol. The first-order valence-corrected chi connectivity index (χ1v) is 8.69. The topological polar surface area (TPSA) is 84.2 Å². The summed E-state index contributed by atoms with van der Waals surface area (Å²) < 4.78 is 1.71. The minimum absolute atomic E-state index is 0.211. The first-order chi connectivity index (χ1) is 12.9. The molecule has 0 unspecified atom stereocenters. The maximum absolute atomic E-state index is 12.5. The average molecular weight is 384 g/mol. The van der Waals surface area contributed by atoms with Crippen molar-refractivity contribution >= 4 is 23.5 Å². The van der Waals surface area contributed by atoms with Gasteiger partial charge in [-0.1, -0.05) is 35.9 Å². The summed E-state index contributed by atoms with van der Waals surface area (Å²) in [4.78, 5) is 23.3. The second-order valence-electron chi connectivity index (χ2n) is 6.14. The van der Waals surface area contributed by atoms with E-state index in [2.05, 4.69) is 10.4 Å². The number of halogens is 1. The molecule has 2 aromatic carbocycles. The Balaban J connectivity index is 1.64. The van der Waals surface area contributed by atoms with Crippen LogP contribution in [0.25, 0.3) is 0 Å². The number of carbonyl (C=O) groups excluding carboxylic acids is 1. The Bertz CT molecular complexity index is 980. The van der Waals surface area contributed by atoms with Gasteiger partial charge in [-0.15, -0.1) is 0 Å². The fraction of sp³-hybridized carbons (Fsp3) is 0.150. The Hall–Kier alpha value is -3.12. The van der Waals surface area contributed by atoms with Gasteiger partial charge in [0, 0.05) is 17.8 Å². The molecule has 1 heterocycles. The van der Waals surface area contributed by atoms with Gasteiger partial charge in [-0.25, -0.2) is 4.79 Å². The number of benzene rings is 2. The summed E-state index contributed by atoms with van der Waals surface area (Å²) in [5.41, 5.74) is 3.16. The number of aryl methyl sites for hydroxylation is 1. The van der Waals surface area contributed by atoms with Crippen LogP contribution in [-0.4, -0.2) is 26.8 Å². The Morgan fingerprint density at radius 2 is 1.89 bits per heavy atom. The van der Waals surface area contributed by atoms with Gasteiger partial charge in [-0.3, -0.25) is 9.48 Å². The summed E-state index contributed by atoms with van der Waals surface area (Å²) in [6.45, 7) is 2.61. The van der Waals surface area contributed by atoms with Crippen LogP contribution >= 0.6 is 11.6 Å². The van der Waals surface area contributed by atoms with Gasteiger partial charge in [0.25, 0.3) is 5.91 Å². The van der Waals surface area contributed by atoms with Crippen molar-refractivity contribution in [1.82, 2.24) is 15.1 Å². The molecule has 0 spiro atoms. The molecule has 3 aromatic rings. The lowest BCUT2D eigenvalue weighted by Gasteiger charge is -2.05. The van der Waals surface area contributed by atoms with Crippen molar-refractivity contribution in [3.8, 4) is 0 Å². The molecule has 0 radical (unpaired) electrons. The highest BCUT2D eigenvalue weighted by molar-refractivity contribution is 6.30. The summed E-state index contributed by atoms with van der Waals surface area (Å²) in [7, 11) is 0. The third-order valence-corrected chi connectivity index (χ3v) is 4.31. The van der Waals surface area contributed by atoms with Gasteiger partial charge in [0.15, 0.2) is 0 Å². The molecule has 0 saturated heterocycles. The van der Waals surface area contributed by atoms with Gasteiger partial charge in [-0.2, -0.15) is 5.10 Å². The maximum Gasteiger partial charge on any atom is 0.335 e. The van der Waals surface area contributed by atoms with Gasteiger partial charge in [0.2, 0.25) is 0 Å². The molecule has 138 valence electrons. The molecule has 6 nitrogen and oxygen atoms in total. The van der Waals surface area contributed by atoms with E-state index < -0.39 is 5.97 Å². The van der Waals surface area contributed by atoms with E-state index >= 15 is 0 Å². The van der Waals surface area contributed by atoms with E-state index in [1.54, 1.807) is 36.0 Å². The predicted octanol–water partition coefficient (Wildman–Crippen LogP) is 3.52. The zero-order valence-electron chi connectivity index (χ0n) is 14.6. The molecule has 0 aliphatic carbocycles. The van der Waals surface area contributed by atoms with Gasteiger partial charge < -0.3 is 10.4 Å². The lowest BCUT2D eigenvalue weighted by molar-refractivity contribution is 0.0696. The second-order valence-corrected chi connectivity index (χ2v) is 6.58. The van der Waals surface area contributed by atoms with Gasteiger partial charge >= 0.3 is 5.97 Å². The number of nitrogens with zero attached hydrogens (tertiary/aromatic N) is 2. The zero-order chi connectivity index (χ0) is 19.4. The summed E-state index contributed by atoms with van der Waals surface area (Å²) >= 11 is 6.00. The first-order valence-electron chi connectivity index (χ1n) is 8.31. The molecule has 0 atom stereocenters. The van der Waals surface area contributed by atoms with Crippen molar-refractivity contribution in [2.75, 3.05) is 0 Å². The van der Waals surface area contributed by atoms with Gasteiger partial charge in [0.05, 0.1) is 23.4 Å². The standard InChI is InChI=1S/C20H18ClN3O3/c1-13-18(12-24(23-13)11-15-3-2-4-17(21)9-15)19(25)22-10-14-5-7-16(8-6-14)20(26)27/h2-9,12H,10-11H2,1H3,(H,22,25)(H,26,27). The van der Waals surface area contributed by atoms with Gasteiger partial charge in [-0.05, 0) is 42.3 Å². The molecule has 3 rings (SSSR count). The normalized spacial score (nSPS) is 10.6. The number of hydrogen-bond donors (Lipinski definition) is 2. The SMILES string of the molecule is Cc1nn(Cc2cccc(Cl)c2)cc1C(=O)NCc1ccc(C(=O)O)cc1. The van der Waals surface area contributed by atoms with E-state index in [4.69, 9.17) is 16.7 Å². The van der Waals surface area contributed by atoms with Crippen LogP contribution in [0.1, 0.15) is 37.5 Å². The third kappa shape index (κ3) is 4.74. The summed E-state index contributed by atoms with van der Waals surface area (Å²) in [5, 5.41) is 16.8. The van der Waals surface area contributed by atoms with Crippen molar-refractivity contribution in [3.05, 3.63) is 87.7 Å². The van der Waals surface area contributed by atoms with Crippen molar-refractivity contribution < 1.29 is 14.7 Å². The molecule has 0 bridgehead atoms. The summed E-state index contributed by atoms with van der Waals surface area (Å²) in [6, 6.07) is 13.9. The Morgan fingerprint density at radius 1 is 1.15 bits per heavy atom. The Kier molecular flexibility index (Phi) is 5.57. The molecule has 1 aromatic heterocycles.